The Balaban J connectivity index is 1.23. The van der Waals surface area contributed by atoms with Crippen molar-refractivity contribution in [2.75, 3.05) is 4.90 Å². The molecule has 8 rings (SSSR count). The van der Waals surface area contributed by atoms with Gasteiger partial charge in [-0.1, -0.05) is 107 Å². The summed E-state index contributed by atoms with van der Waals surface area (Å²) in [7, 11) is 0. The maximum atomic E-state index is 3.71. The molecule has 0 amide bonds. The number of hydrogen-bond acceptors (Lipinski definition) is 1. The lowest BCUT2D eigenvalue weighted by molar-refractivity contribution is 0.660. The number of nitrogens with one attached hydrogen (secondary N) is 1. The molecular formula is C43H38N2. The molecule has 1 aromatic heterocycles. The molecule has 0 unspecified atom stereocenters. The quantitative estimate of drug-likeness (QED) is 0.207. The first kappa shape index (κ1) is 27.5. The van der Waals surface area contributed by atoms with E-state index in [1.165, 1.54) is 83.4 Å². The summed E-state index contributed by atoms with van der Waals surface area (Å²) in [5.41, 5.74) is 16.4. The second-order valence-corrected chi connectivity index (χ2v) is 12.9. The normalized spacial score (nSPS) is 13.2. The molecule has 2 nitrogen and oxygen atoms in total. The van der Waals surface area contributed by atoms with E-state index in [9.17, 15) is 0 Å². The number of H-pyrrole nitrogens is 1. The summed E-state index contributed by atoms with van der Waals surface area (Å²) < 4.78 is 0. The van der Waals surface area contributed by atoms with Crippen LogP contribution in [0.2, 0.25) is 0 Å². The monoisotopic (exact) mass is 582 g/mol. The van der Waals surface area contributed by atoms with E-state index in [4.69, 9.17) is 0 Å². The summed E-state index contributed by atoms with van der Waals surface area (Å²) in [6.07, 6.45) is 2.07. The molecule has 0 spiro atoms. The highest BCUT2D eigenvalue weighted by atomic mass is 15.1. The van der Waals surface area contributed by atoms with Gasteiger partial charge in [0.2, 0.25) is 0 Å². The predicted octanol–water partition coefficient (Wildman–Crippen LogP) is 11.9. The van der Waals surface area contributed by atoms with Gasteiger partial charge >= 0.3 is 0 Å². The lowest BCUT2D eigenvalue weighted by atomic mass is 9.81. The molecule has 0 radical (unpaired) electrons. The highest BCUT2D eigenvalue weighted by Crippen LogP contribution is 2.52. The number of aromatic nitrogens is 1. The van der Waals surface area contributed by atoms with Crippen LogP contribution in [0, 0.1) is 0 Å². The smallest absolute Gasteiger partial charge is 0.0544 e. The minimum atomic E-state index is -0.144. The zero-order valence-electron chi connectivity index (χ0n) is 26.5. The fraction of sp³-hybridized carbons (Fsp3) is 0.163. The highest BCUT2D eigenvalue weighted by molar-refractivity contribution is 6.12. The molecular weight excluding hydrogens is 544 g/mol. The van der Waals surface area contributed by atoms with Crippen molar-refractivity contribution in [1.82, 2.24) is 4.98 Å². The van der Waals surface area contributed by atoms with Gasteiger partial charge in [-0.2, -0.15) is 0 Å². The third kappa shape index (κ3) is 4.39. The first-order valence-electron chi connectivity index (χ1n) is 16.2. The van der Waals surface area contributed by atoms with Crippen molar-refractivity contribution >= 4 is 38.9 Å². The first-order valence-corrected chi connectivity index (χ1v) is 16.2. The Hall–Kier alpha value is -5.08. The van der Waals surface area contributed by atoms with Crippen molar-refractivity contribution in [1.29, 1.82) is 0 Å². The maximum absolute atomic E-state index is 3.71. The van der Waals surface area contributed by atoms with Gasteiger partial charge in [-0.15, -0.1) is 0 Å². The van der Waals surface area contributed by atoms with E-state index < -0.39 is 0 Å². The SMILES string of the molecule is CCc1ccc(N(c2ccc(CC)cc2)c2ccc3c(c2)C(C)(C)c2cc(-c4cccc5c4[nH]c4ccccc45)ccc2-3)cc1. The van der Waals surface area contributed by atoms with Gasteiger partial charge in [0.05, 0.1) is 5.52 Å². The summed E-state index contributed by atoms with van der Waals surface area (Å²) in [6, 6.07) is 47.4. The fourth-order valence-electron chi connectivity index (χ4n) is 7.35. The molecule has 0 aliphatic heterocycles. The van der Waals surface area contributed by atoms with E-state index in [1.807, 2.05) is 0 Å². The number of aryl methyl sites for hydroxylation is 2. The van der Waals surface area contributed by atoms with Crippen LogP contribution in [0.25, 0.3) is 44.1 Å². The second kappa shape index (κ2) is 10.5. The van der Waals surface area contributed by atoms with Crippen LogP contribution in [0.4, 0.5) is 17.1 Å². The van der Waals surface area contributed by atoms with Gasteiger partial charge in [0.15, 0.2) is 0 Å². The van der Waals surface area contributed by atoms with Crippen molar-refractivity contribution in [3.8, 4) is 22.3 Å². The lowest BCUT2D eigenvalue weighted by Gasteiger charge is -2.28. The van der Waals surface area contributed by atoms with Crippen molar-refractivity contribution in [2.24, 2.45) is 0 Å². The number of fused-ring (bicyclic) bond motifs is 6. The first-order chi connectivity index (χ1) is 22.0. The molecule has 45 heavy (non-hydrogen) atoms. The minimum Gasteiger partial charge on any atom is -0.354 e. The molecule has 2 heteroatoms. The van der Waals surface area contributed by atoms with Crippen LogP contribution in [0.3, 0.4) is 0 Å². The summed E-state index contributed by atoms with van der Waals surface area (Å²) in [6.45, 7) is 9.18. The Morgan fingerprint density at radius 3 is 1.78 bits per heavy atom. The Morgan fingerprint density at radius 2 is 1.11 bits per heavy atom. The van der Waals surface area contributed by atoms with Gasteiger partial charge in [0.1, 0.15) is 0 Å². The zero-order valence-corrected chi connectivity index (χ0v) is 26.5. The maximum Gasteiger partial charge on any atom is 0.0544 e. The van der Waals surface area contributed by atoms with E-state index in [-0.39, 0.29) is 5.41 Å². The van der Waals surface area contributed by atoms with Crippen LogP contribution in [-0.4, -0.2) is 4.98 Å². The second-order valence-electron chi connectivity index (χ2n) is 12.9. The topological polar surface area (TPSA) is 19.0 Å². The Labute approximate surface area is 266 Å². The number of aromatic amines is 1. The van der Waals surface area contributed by atoms with E-state index in [2.05, 4.69) is 165 Å². The summed E-state index contributed by atoms with van der Waals surface area (Å²) >= 11 is 0. The minimum absolute atomic E-state index is 0.144. The van der Waals surface area contributed by atoms with Crippen molar-refractivity contribution in [2.45, 2.75) is 46.0 Å². The van der Waals surface area contributed by atoms with Crippen LogP contribution < -0.4 is 4.90 Å². The van der Waals surface area contributed by atoms with Gasteiger partial charge in [-0.3, -0.25) is 0 Å². The van der Waals surface area contributed by atoms with Crippen LogP contribution >= 0.6 is 0 Å². The summed E-state index contributed by atoms with van der Waals surface area (Å²) in [4.78, 5) is 6.11. The van der Waals surface area contributed by atoms with E-state index in [0.717, 1.165) is 12.8 Å². The van der Waals surface area contributed by atoms with Crippen LogP contribution in [0.15, 0.2) is 127 Å². The molecule has 6 aromatic carbocycles. The van der Waals surface area contributed by atoms with Gasteiger partial charge < -0.3 is 9.88 Å². The number of benzene rings is 6. The van der Waals surface area contributed by atoms with Gasteiger partial charge in [0, 0.05) is 44.3 Å². The number of nitrogens with zero attached hydrogens (tertiary/aromatic N) is 1. The average molecular weight is 583 g/mol. The zero-order chi connectivity index (χ0) is 30.7. The molecule has 1 heterocycles. The fourth-order valence-corrected chi connectivity index (χ4v) is 7.35. The molecule has 0 fully saturated rings. The lowest BCUT2D eigenvalue weighted by Crippen LogP contribution is -2.16. The molecule has 1 aliphatic carbocycles. The third-order valence-corrected chi connectivity index (χ3v) is 9.98. The molecule has 0 saturated carbocycles. The van der Waals surface area contributed by atoms with Gasteiger partial charge in [-0.05, 0) is 100 Å². The number of para-hydroxylation sites is 2. The number of anilines is 3. The van der Waals surface area contributed by atoms with Crippen molar-refractivity contribution in [3.63, 3.8) is 0 Å². The molecule has 220 valence electrons. The third-order valence-electron chi connectivity index (χ3n) is 9.98. The van der Waals surface area contributed by atoms with Crippen molar-refractivity contribution < 1.29 is 0 Å². The van der Waals surface area contributed by atoms with E-state index >= 15 is 0 Å². The number of rotatable bonds is 6. The molecule has 1 N–H and O–H groups in total. The average Bonchev–Trinajstić information content (AvgIpc) is 3.57. The van der Waals surface area contributed by atoms with E-state index in [0.29, 0.717) is 0 Å². The molecule has 1 aliphatic rings. The summed E-state index contributed by atoms with van der Waals surface area (Å²) in [5.74, 6) is 0. The Kier molecular flexibility index (Phi) is 6.42. The Morgan fingerprint density at radius 1 is 0.533 bits per heavy atom. The highest BCUT2D eigenvalue weighted by Gasteiger charge is 2.36. The van der Waals surface area contributed by atoms with Crippen molar-refractivity contribution in [3.05, 3.63) is 150 Å². The summed E-state index contributed by atoms with van der Waals surface area (Å²) in [5, 5.41) is 2.55. The number of hydrogen-bond donors (Lipinski definition) is 1. The van der Waals surface area contributed by atoms with Gasteiger partial charge in [-0.25, -0.2) is 0 Å². The molecule has 0 saturated heterocycles. The molecule has 7 aromatic rings. The van der Waals surface area contributed by atoms with Crippen LogP contribution in [0.5, 0.6) is 0 Å². The Bertz CT molecular complexity index is 2150. The molecule has 0 bridgehead atoms. The van der Waals surface area contributed by atoms with Crippen LogP contribution in [-0.2, 0) is 18.3 Å². The van der Waals surface area contributed by atoms with E-state index in [1.54, 1.807) is 0 Å². The van der Waals surface area contributed by atoms with Gasteiger partial charge in [0.25, 0.3) is 0 Å². The predicted molar refractivity (Wildman–Crippen MR) is 192 cm³/mol. The van der Waals surface area contributed by atoms with Crippen LogP contribution in [0.1, 0.15) is 49.9 Å². The largest absolute Gasteiger partial charge is 0.354 e. The molecule has 0 atom stereocenters. The standard InChI is InChI=1S/C43H38N2/c1-5-28-14-19-31(20-15-28)45(32-21-16-29(6-2)17-22-32)33-23-25-36-35-24-18-30(26-39(35)43(3,4)40(36)27-33)34-11-9-12-38-37-10-7-8-13-41(37)44-42(34)38/h7-27,44H,5-6H2,1-4H3.